The zero-order chi connectivity index (χ0) is 19.8. The van der Waals surface area contributed by atoms with Gasteiger partial charge in [-0.1, -0.05) is 12.1 Å². The van der Waals surface area contributed by atoms with Gasteiger partial charge in [-0.2, -0.15) is 0 Å². The highest BCUT2D eigenvalue weighted by Crippen LogP contribution is 2.43. The molecule has 0 radical (unpaired) electrons. The molecular formula is C20H19FN4O3. The summed E-state index contributed by atoms with van der Waals surface area (Å²) in [6.45, 7) is 2.53. The highest BCUT2D eigenvalue weighted by molar-refractivity contribution is 6.27. The predicted octanol–water partition coefficient (Wildman–Crippen LogP) is 3.17. The molecule has 2 aromatic carbocycles. The van der Waals surface area contributed by atoms with Crippen molar-refractivity contribution in [2.45, 2.75) is 13.3 Å². The van der Waals surface area contributed by atoms with Gasteiger partial charge < -0.3 is 20.9 Å². The molecule has 0 bridgehead atoms. The molecule has 0 saturated heterocycles. The maximum absolute atomic E-state index is 14.3. The van der Waals surface area contributed by atoms with Gasteiger partial charge in [-0.25, -0.2) is 9.18 Å². The molecular weight excluding hydrogens is 363 g/mol. The van der Waals surface area contributed by atoms with E-state index in [1.54, 1.807) is 18.3 Å². The van der Waals surface area contributed by atoms with Crippen LogP contribution in [0.5, 0.6) is 0 Å². The van der Waals surface area contributed by atoms with E-state index >= 15 is 0 Å². The maximum atomic E-state index is 14.3. The van der Waals surface area contributed by atoms with Crippen LogP contribution in [0, 0.1) is 5.82 Å². The fourth-order valence-electron chi connectivity index (χ4n) is 3.43. The summed E-state index contributed by atoms with van der Waals surface area (Å²) in [6.07, 6.45) is 2.62. The van der Waals surface area contributed by atoms with E-state index in [-0.39, 0.29) is 0 Å². The molecule has 1 amide bonds. The number of carbonyl (C=O) groups is 2. The molecule has 0 fully saturated rings. The minimum atomic E-state index is -0.633. The topological polar surface area (TPSA) is 100 Å². The molecule has 0 atom stereocenters. The van der Waals surface area contributed by atoms with Gasteiger partial charge in [0.1, 0.15) is 5.82 Å². The number of hydrogen-bond acceptors (Lipinski definition) is 5. The van der Waals surface area contributed by atoms with Gasteiger partial charge in [0.15, 0.2) is 0 Å². The summed E-state index contributed by atoms with van der Waals surface area (Å²) in [5.41, 5.74) is 8.30. The van der Waals surface area contributed by atoms with Crippen LogP contribution >= 0.6 is 0 Å². The van der Waals surface area contributed by atoms with Crippen molar-refractivity contribution in [2.24, 2.45) is 5.73 Å². The Bertz CT molecular complexity index is 1090. The van der Waals surface area contributed by atoms with E-state index < -0.39 is 17.7 Å². The van der Waals surface area contributed by atoms with Crippen molar-refractivity contribution in [2.75, 3.05) is 23.5 Å². The summed E-state index contributed by atoms with van der Waals surface area (Å²) in [5.74, 6) is -1.59. The Hall–Kier alpha value is -3.39. The van der Waals surface area contributed by atoms with Gasteiger partial charge in [-0.3, -0.25) is 4.79 Å². The SMILES string of the molecule is CC(=O)ON1C(=O)c2c(-c3cc(NCCCN)c[nH]3)ccc3c(F)ccc1c23. The molecule has 4 N–H and O–H groups in total. The third-order valence-corrected chi connectivity index (χ3v) is 4.63. The van der Waals surface area contributed by atoms with E-state index in [9.17, 15) is 14.0 Å². The number of H-pyrrole nitrogens is 1. The molecule has 7 nitrogen and oxygen atoms in total. The first-order valence-corrected chi connectivity index (χ1v) is 8.92. The van der Waals surface area contributed by atoms with Gasteiger partial charge in [0.2, 0.25) is 0 Å². The van der Waals surface area contributed by atoms with Crippen LogP contribution in [0.4, 0.5) is 15.8 Å². The first-order chi connectivity index (χ1) is 13.5. The normalized spacial score (nSPS) is 12.7. The lowest BCUT2D eigenvalue weighted by molar-refractivity contribution is -0.141. The van der Waals surface area contributed by atoms with Crippen molar-refractivity contribution in [3.63, 3.8) is 0 Å². The number of hydrogen-bond donors (Lipinski definition) is 3. The molecule has 2 heterocycles. The van der Waals surface area contributed by atoms with Crippen LogP contribution in [0.2, 0.25) is 0 Å². The van der Waals surface area contributed by atoms with Crippen molar-refractivity contribution >= 4 is 34.0 Å². The average Bonchev–Trinajstić information content (AvgIpc) is 3.24. The van der Waals surface area contributed by atoms with Crippen LogP contribution in [0.3, 0.4) is 0 Å². The lowest BCUT2D eigenvalue weighted by atomic mass is 9.97. The van der Waals surface area contributed by atoms with E-state index in [0.29, 0.717) is 39.8 Å². The lowest BCUT2D eigenvalue weighted by Gasteiger charge is -2.15. The minimum Gasteiger partial charge on any atom is -0.384 e. The first kappa shape index (κ1) is 18.0. The van der Waals surface area contributed by atoms with Crippen molar-refractivity contribution in [1.29, 1.82) is 0 Å². The fraction of sp³-hybridized carbons (Fsp3) is 0.200. The van der Waals surface area contributed by atoms with Crippen molar-refractivity contribution in [3.05, 3.63) is 47.9 Å². The second-order valence-electron chi connectivity index (χ2n) is 6.53. The van der Waals surface area contributed by atoms with Gasteiger partial charge in [0, 0.05) is 41.7 Å². The smallest absolute Gasteiger partial charge is 0.330 e. The number of benzene rings is 2. The number of hydroxylamine groups is 1. The van der Waals surface area contributed by atoms with E-state index in [0.717, 1.165) is 23.7 Å². The molecule has 1 aliphatic rings. The van der Waals surface area contributed by atoms with Crippen molar-refractivity contribution < 1.29 is 18.8 Å². The first-order valence-electron chi connectivity index (χ1n) is 8.92. The Morgan fingerprint density at radius 2 is 2.14 bits per heavy atom. The van der Waals surface area contributed by atoms with E-state index in [1.807, 2.05) is 6.07 Å². The number of aromatic nitrogens is 1. The summed E-state index contributed by atoms with van der Waals surface area (Å²) in [5, 5.41) is 4.89. The number of rotatable bonds is 6. The van der Waals surface area contributed by atoms with Crippen LogP contribution in [-0.4, -0.2) is 29.9 Å². The van der Waals surface area contributed by atoms with Crippen molar-refractivity contribution in [3.8, 4) is 11.3 Å². The van der Waals surface area contributed by atoms with Gasteiger partial charge in [0.25, 0.3) is 5.91 Å². The summed E-state index contributed by atoms with van der Waals surface area (Å²) >= 11 is 0. The van der Waals surface area contributed by atoms with Crippen LogP contribution in [0.15, 0.2) is 36.5 Å². The third kappa shape index (κ3) is 2.87. The van der Waals surface area contributed by atoms with E-state index in [2.05, 4.69) is 10.3 Å². The number of nitrogens with one attached hydrogen (secondary N) is 2. The number of nitrogens with two attached hydrogens (primary N) is 1. The van der Waals surface area contributed by atoms with Gasteiger partial charge in [-0.05, 0) is 31.2 Å². The Kier molecular flexibility index (Phi) is 4.48. The predicted molar refractivity (Wildman–Crippen MR) is 104 cm³/mol. The van der Waals surface area contributed by atoms with Crippen LogP contribution in [0.1, 0.15) is 23.7 Å². The zero-order valence-electron chi connectivity index (χ0n) is 15.2. The summed E-state index contributed by atoms with van der Waals surface area (Å²) in [7, 11) is 0. The number of anilines is 2. The Labute approximate surface area is 160 Å². The largest absolute Gasteiger partial charge is 0.384 e. The number of nitrogens with zero attached hydrogens (tertiary/aromatic N) is 1. The molecule has 1 aromatic heterocycles. The van der Waals surface area contributed by atoms with E-state index in [4.69, 9.17) is 10.6 Å². The molecule has 4 rings (SSSR count). The van der Waals surface area contributed by atoms with Crippen LogP contribution < -0.4 is 16.1 Å². The van der Waals surface area contributed by atoms with Gasteiger partial charge in [-0.15, -0.1) is 5.06 Å². The Morgan fingerprint density at radius 3 is 2.89 bits per heavy atom. The van der Waals surface area contributed by atoms with Crippen LogP contribution in [-0.2, 0) is 9.63 Å². The average molecular weight is 382 g/mol. The number of amides is 1. The van der Waals surface area contributed by atoms with E-state index in [1.165, 1.54) is 19.1 Å². The molecule has 0 aliphatic carbocycles. The summed E-state index contributed by atoms with van der Waals surface area (Å²) in [4.78, 5) is 32.7. The molecule has 0 spiro atoms. The minimum absolute atomic E-state index is 0.295. The second kappa shape index (κ2) is 6.97. The number of halogens is 1. The zero-order valence-corrected chi connectivity index (χ0v) is 15.2. The quantitative estimate of drug-likeness (QED) is 0.569. The van der Waals surface area contributed by atoms with Gasteiger partial charge in [0.05, 0.1) is 16.9 Å². The third-order valence-electron chi connectivity index (χ3n) is 4.63. The monoisotopic (exact) mass is 382 g/mol. The molecule has 3 aromatic rings. The standard InChI is InChI=1S/C20H19FN4O3/c1-11(26)28-25-17-6-5-15(21)13-3-4-14(19(18(13)17)20(25)27)16-9-12(10-24-16)23-8-2-7-22/h3-6,9-10,23-24H,2,7-8,22H2,1H3. The highest BCUT2D eigenvalue weighted by atomic mass is 19.1. The van der Waals surface area contributed by atoms with Crippen LogP contribution in [0.25, 0.3) is 22.0 Å². The second-order valence-corrected chi connectivity index (χ2v) is 6.53. The molecule has 0 saturated carbocycles. The molecule has 0 unspecified atom stereocenters. The summed E-state index contributed by atoms with van der Waals surface area (Å²) in [6, 6.07) is 7.88. The molecule has 8 heteroatoms. The lowest BCUT2D eigenvalue weighted by Crippen LogP contribution is -2.29. The maximum Gasteiger partial charge on any atom is 0.330 e. The van der Waals surface area contributed by atoms with Crippen molar-refractivity contribution in [1.82, 2.24) is 4.98 Å². The number of aromatic amines is 1. The molecule has 28 heavy (non-hydrogen) atoms. The highest BCUT2D eigenvalue weighted by Gasteiger charge is 2.36. The molecule has 1 aliphatic heterocycles. The Morgan fingerprint density at radius 1 is 1.32 bits per heavy atom. The molecule has 144 valence electrons. The number of carbonyl (C=O) groups excluding carboxylic acids is 2. The fourth-order valence-corrected chi connectivity index (χ4v) is 3.43. The summed E-state index contributed by atoms with van der Waals surface area (Å²) < 4.78 is 14.3. The van der Waals surface area contributed by atoms with Gasteiger partial charge >= 0.3 is 5.97 Å². The Balaban J connectivity index is 1.82.